The van der Waals surface area contributed by atoms with Crippen LogP contribution in [0, 0.1) is 0 Å². The molecule has 0 radical (unpaired) electrons. The Hall–Kier alpha value is -0.610. The van der Waals surface area contributed by atoms with E-state index in [1.165, 1.54) is 25.7 Å². The third-order valence-corrected chi connectivity index (χ3v) is 2.47. The number of carbonyl (C=O) groups is 1. The minimum Gasteiger partial charge on any atom is -0.313 e. The lowest BCUT2D eigenvalue weighted by molar-refractivity contribution is -0.133. The normalized spacial score (nSPS) is 17.2. The molecular formula is C10H20N2O2. The van der Waals surface area contributed by atoms with E-state index in [0.29, 0.717) is 19.1 Å². The smallest absolute Gasteiger partial charge is 0.244 e. The Bertz CT molecular complexity index is 168. The molecular weight excluding hydrogens is 180 g/mol. The quantitative estimate of drug-likeness (QED) is 0.628. The molecule has 0 aromatic rings. The molecule has 0 saturated heterocycles. The van der Waals surface area contributed by atoms with E-state index in [1.54, 1.807) is 0 Å². The van der Waals surface area contributed by atoms with Crippen LogP contribution in [0.2, 0.25) is 0 Å². The molecule has 1 amide bonds. The summed E-state index contributed by atoms with van der Waals surface area (Å²) in [6.45, 7) is 3.11. The van der Waals surface area contributed by atoms with Gasteiger partial charge in [-0.15, -0.1) is 0 Å². The van der Waals surface area contributed by atoms with Crippen LogP contribution < -0.4 is 10.8 Å². The Morgan fingerprint density at radius 3 is 2.79 bits per heavy atom. The first-order valence-electron chi connectivity index (χ1n) is 5.47. The minimum absolute atomic E-state index is 0.0441. The molecule has 14 heavy (non-hydrogen) atoms. The maximum atomic E-state index is 11.1. The van der Waals surface area contributed by atoms with Crippen molar-refractivity contribution in [3.63, 3.8) is 0 Å². The molecule has 0 spiro atoms. The summed E-state index contributed by atoms with van der Waals surface area (Å²) in [5.74, 6) is -0.0441. The lowest BCUT2D eigenvalue weighted by Crippen LogP contribution is -2.32. The van der Waals surface area contributed by atoms with Crippen molar-refractivity contribution in [2.75, 3.05) is 13.2 Å². The Labute approximate surface area is 85.3 Å². The number of rotatable bonds is 6. The van der Waals surface area contributed by atoms with Crippen molar-refractivity contribution >= 4 is 5.91 Å². The zero-order valence-corrected chi connectivity index (χ0v) is 8.84. The fourth-order valence-electron chi connectivity index (χ4n) is 1.72. The average molecular weight is 200 g/mol. The van der Waals surface area contributed by atoms with E-state index < -0.39 is 0 Å². The van der Waals surface area contributed by atoms with Gasteiger partial charge in [0.05, 0.1) is 6.61 Å². The van der Waals surface area contributed by atoms with Gasteiger partial charge < -0.3 is 5.32 Å². The van der Waals surface area contributed by atoms with E-state index in [9.17, 15) is 4.79 Å². The SMILES string of the molecule is CCONC(=O)CCNC1CCCC1. The molecule has 1 aliphatic rings. The van der Waals surface area contributed by atoms with Crippen LogP contribution in [0.25, 0.3) is 0 Å². The molecule has 0 aromatic heterocycles. The molecule has 4 nitrogen and oxygen atoms in total. The van der Waals surface area contributed by atoms with Gasteiger partial charge in [-0.05, 0) is 19.8 Å². The number of carbonyl (C=O) groups excluding carboxylic acids is 1. The number of hydrogen-bond donors (Lipinski definition) is 2. The van der Waals surface area contributed by atoms with E-state index in [4.69, 9.17) is 4.84 Å². The maximum Gasteiger partial charge on any atom is 0.244 e. The van der Waals surface area contributed by atoms with Crippen molar-refractivity contribution in [1.29, 1.82) is 0 Å². The van der Waals surface area contributed by atoms with Crippen LogP contribution in [0.3, 0.4) is 0 Å². The van der Waals surface area contributed by atoms with E-state index in [-0.39, 0.29) is 5.91 Å². The van der Waals surface area contributed by atoms with Gasteiger partial charge in [-0.25, -0.2) is 5.48 Å². The van der Waals surface area contributed by atoms with E-state index >= 15 is 0 Å². The van der Waals surface area contributed by atoms with Crippen LogP contribution in [0.15, 0.2) is 0 Å². The Morgan fingerprint density at radius 1 is 1.43 bits per heavy atom. The van der Waals surface area contributed by atoms with Crippen LogP contribution in [0.1, 0.15) is 39.0 Å². The fraction of sp³-hybridized carbons (Fsp3) is 0.900. The van der Waals surface area contributed by atoms with Gasteiger partial charge in [0.1, 0.15) is 0 Å². The van der Waals surface area contributed by atoms with E-state index in [1.807, 2.05) is 6.92 Å². The number of amides is 1. The maximum absolute atomic E-state index is 11.1. The van der Waals surface area contributed by atoms with Crippen molar-refractivity contribution < 1.29 is 9.63 Å². The van der Waals surface area contributed by atoms with Crippen molar-refractivity contribution in [3.8, 4) is 0 Å². The number of hydroxylamine groups is 1. The van der Waals surface area contributed by atoms with Gasteiger partial charge in [0.2, 0.25) is 5.91 Å². The third kappa shape index (κ3) is 4.58. The highest BCUT2D eigenvalue weighted by Gasteiger charge is 2.13. The zero-order chi connectivity index (χ0) is 10.2. The highest BCUT2D eigenvalue weighted by atomic mass is 16.6. The predicted molar refractivity (Wildman–Crippen MR) is 54.6 cm³/mol. The first-order chi connectivity index (χ1) is 6.83. The Morgan fingerprint density at radius 2 is 2.14 bits per heavy atom. The lowest BCUT2D eigenvalue weighted by atomic mass is 10.2. The number of nitrogens with one attached hydrogen (secondary N) is 2. The molecule has 1 saturated carbocycles. The zero-order valence-electron chi connectivity index (χ0n) is 8.84. The van der Waals surface area contributed by atoms with Crippen molar-refractivity contribution in [1.82, 2.24) is 10.8 Å². The standard InChI is InChI=1S/C10H20N2O2/c1-2-14-12-10(13)7-8-11-9-5-3-4-6-9/h9,11H,2-8H2,1H3,(H,12,13). The topological polar surface area (TPSA) is 50.4 Å². The van der Waals surface area contributed by atoms with Gasteiger partial charge >= 0.3 is 0 Å². The summed E-state index contributed by atoms with van der Waals surface area (Å²) in [4.78, 5) is 15.9. The van der Waals surface area contributed by atoms with Gasteiger partial charge in [0.25, 0.3) is 0 Å². The number of hydrogen-bond acceptors (Lipinski definition) is 3. The molecule has 0 aromatic carbocycles. The summed E-state index contributed by atoms with van der Waals surface area (Å²) < 4.78 is 0. The summed E-state index contributed by atoms with van der Waals surface area (Å²) in [7, 11) is 0. The van der Waals surface area contributed by atoms with Crippen molar-refractivity contribution in [3.05, 3.63) is 0 Å². The lowest BCUT2D eigenvalue weighted by Gasteiger charge is -2.11. The molecule has 2 N–H and O–H groups in total. The monoisotopic (exact) mass is 200 g/mol. The molecule has 0 atom stereocenters. The van der Waals surface area contributed by atoms with Crippen molar-refractivity contribution in [2.45, 2.75) is 45.1 Å². The van der Waals surface area contributed by atoms with Crippen LogP contribution >= 0.6 is 0 Å². The molecule has 82 valence electrons. The molecule has 0 bridgehead atoms. The summed E-state index contributed by atoms with van der Waals surface area (Å²) in [5, 5.41) is 3.37. The Kier molecular flexibility index (Phi) is 5.56. The summed E-state index contributed by atoms with van der Waals surface area (Å²) in [5.41, 5.74) is 2.38. The molecule has 1 fully saturated rings. The summed E-state index contributed by atoms with van der Waals surface area (Å²) >= 11 is 0. The molecule has 1 aliphatic carbocycles. The van der Waals surface area contributed by atoms with Gasteiger partial charge in [0.15, 0.2) is 0 Å². The highest BCUT2D eigenvalue weighted by Crippen LogP contribution is 2.17. The van der Waals surface area contributed by atoms with Crippen molar-refractivity contribution in [2.24, 2.45) is 0 Å². The molecule has 0 unspecified atom stereocenters. The largest absolute Gasteiger partial charge is 0.313 e. The second-order valence-electron chi connectivity index (χ2n) is 3.64. The average Bonchev–Trinajstić information content (AvgIpc) is 2.67. The van der Waals surface area contributed by atoms with Crippen LogP contribution in [0.5, 0.6) is 0 Å². The second kappa shape index (κ2) is 6.79. The third-order valence-electron chi connectivity index (χ3n) is 2.47. The van der Waals surface area contributed by atoms with Gasteiger partial charge in [-0.1, -0.05) is 12.8 Å². The second-order valence-corrected chi connectivity index (χ2v) is 3.64. The van der Waals surface area contributed by atoms with Gasteiger partial charge in [-0.3, -0.25) is 9.63 Å². The molecule has 0 aliphatic heterocycles. The molecule has 0 heterocycles. The fourth-order valence-corrected chi connectivity index (χ4v) is 1.72. The summed E-state index contributed by atoms with van der Waals surface area (Å²) in [6, 6.07) is 0.634. The van der Waals surface area contributed by atoms with Crippen LogP contribution in [-0.4, -0.2) is 25.1 Å². The van der Waals surface area contributed by atoms with Gasteiger partial charge in [-0.2, -0.15) is 0 Å². The Balaban J connectivity index is 1.94. The molecule has 4 heteroatoms. The molecule has 1 rings (SSSR count). The highest BCUT2D eigenvalue weighted by molar-refractivity contribution is 5.74. The predicted octanol–water partition coefficient (Wildman–Crippen LogP) is 0.976. The van der Waals surface area contributed by atoms with Gasteiger partial charge in [0, 0.05) is 19.0 Å². The summed E-state index contributed by atoms with van der Waals surface area (Å²) in [6.07, 6.45) is 5.66. The first-order valence-corrected chi connectivity index (χ1v) is 5.47. The van der Waals surface area contributed by atoms with Crippen LogP contribution in [-0.2, 0) is 9.63 Å². The van der Waals surface area contributed by atoms with E-state index in [0.717, 1.165) is 6.54 Å². The minimum atomic E-state index is -0.0441. The van der Waals surface area contributed by atoms with Crippen LogP contribution in [0.4, 0.5) is 0 Å². The first kappa shape index (κ1) is 11.5. The van der Waals surface area contributed by atoms with E-state index in [2.05, 4.69) is 10.8 Å².